The highest BCUT2D eigenvalue weighted by atomic mass is 32.2. The van der Waals surface area contributed by atoms with Gasteiger partial charge in [-0.15, -0.1) is 21.5 Å². The van der Waals surface area contributed by atoms with Crippen LogP contribution < -0.4 is 5.32 Å². The maximum Gasteiger partial charge on any atom is 0.206 e. The number of aryl methyl sites for hydroxylation is 1. The first kappa shape index (κ1) is 14.6. The summed E-state index contributed by atoms with van der Waals surface area (Å²) < 4.78 is 6.54. The molecule has 0 saturated heterocycles. The molecule has 0 saturated carbocycles. The predicted octanol–water partition coefficient (Wildman–Crippen LogP) is 4.29. The Bertz CT molecular complexity index is 718. The van der Waals surface area contributed by atoms with Crippen molar-refractivity contribution in [2.45, 2.75) is 23.9 Å². The number of nitrogens with zero attached hydrogens (tertiary/aromatic N) is 3. The molecule has 110 valence electrons. The first-order valence-electron chi connectivity index (χ1n) is 6.46. The van der Waals surface area contributed by atoms with Crippen molar-refractivity contribution in [2.24, 2.45) is 0 Å². The van der Waals surface area contributed by atoms with Gasteiger partial charge in [0.2, 0.25) is 5.13 Å². The second-order valence-electron chi connectivity index (χ2n) is 4.25. The summed E-state index contributed by atoms with van der Waals surface area (Å²) in [5.41, 5.74) is 1.04. The summed E-state index contributed by atoms with van der Waals surface area (Å²) >= 11 is 4.82. The molecule has 3 aromatic heterocycles. The van der Waals surface area contributed by atoms with Gasteiger partial charge in [0.1, 0.15) is 5.76 Å². The summed E-state index contributed by atoms with van der Waals surface area (Å²) in [5, 5.41) is 15.2. The minimum atomic E-state index is 0.789. The number of aromatic nitrogens is 3. The maximum absolute atomic E-state index is 5.59. The second-order valence-corrected chi connectivity index (χ2v) is 7.30. The van der Waals surface area contributed by atoms with E-state index in [1.54, 1.807) is 34.4 Å². The summed E-state index contributed by atoms with van der Waals surface area (Å²) in [6, 6.07) is 3.91. The van der Waals surface area contributed by atoms with E-state index in [0.29, 0.717) is 0 Å². The minimum Gasteiger partial charge on any atom is -0.459 e. The Morgan fingerprint density at radius 3 is 3.00 bits per heavy atom. The Labute approximate surface area is 134 Å². The van der Waals surface area contributed by atoms with Crippen molar-refractivity contribution >= 4 is 39.6 Å². The molecule has 0 atom stereocenters. The van der Waals surface area contributed by atoms with Crippen molar-refractivity contribution in [2.75, 3.05) is 11.9 Å². The molecule has 1 N–H and O–H groups in total. The van der Waals surface area contributed by atoms with Crippen molar-refractivity contribution in [3.05, 3.63) is 29.0 Å². The summed E-state index contributed by atoms with van der Waals surface area (Å²) in [6.07, 6.45) is 0. The topological polar surface area (TPSA) is 63.8 Å². The Hall–Kier alpha value is -1.38. The molecule has 0 aliphatic carbocycles. The van der Waals surface area contributed by atoms with Crippen LogP contribution in [0.25, 0.3) is 10.8 Å². The fourth-order valence-electron chi connectivity index (χ4n) is 1.66. The number of hydrogen-bond donors (Lipinski definition) is 1. The number of furan rings is 1. The van der Waals surface area contributed by atoms with Crippen LogP contribution in [0.15, 0.2) is 26.3 Å². The van der Waals surface area contributed by atoms with Gasteiger partial charge in [0.15, 0.2) is 15.1 Å². The van der Waals surface area contributed by atoms with Crippen LogP contribution in [-0.2, 0) is 5.75 Å². The van der Waals surface area contributed by atoms with Crippen LogP contribution in [0.2, 0.25) is 0 Å². The van der Waals surface area contributed by atoms with Crippen molar-refractivity contribution in [1.82, 2.24) is 15.2 Å². The lowest BCUT2D eigenvalue weighted by Crippen LogP contribution is -1.94. The molecule has 0 aliphatic rings. The number of anilines is 1. The normalized spacial score (nSPS) is 11.0. The molecule has 0 aromatic carbocycles. The molecule has 0 radical (unpaired) electrons. The fraction of sp³-hybridized carbons (Fsp3) is 0.308. The number of hydrogen-bond acceptors (Lipinski definition) is 8. The van der Waals surface area contributed by atoms with E-state index in [4.69, 9.17) is 4.42 Å². The SMILES string of the molecule is CCNc1nnc(SCc2csc(-c3ccc(C)o3)n2)s1. The van der Waals surface area contributed by atoms with E-state index in [-0.39, 0.29) is 0 Å². The van der Waals surface area contributed by atoms with Gasteiger partial charge in [0, 0.05) is 17.7 Å². The van der Waals surface area contributed by atoms with E-state index >= 15 is 0 Å². The van der Waals surface area contributed by atoms with Gasteiger partial charge in [-0.2, -0.15) is 0 Å². The molecule has 21 heavy (non-hydrogen) atoms. The van der Waals surface area contributed by atoms with Crippen molar-refractivity contribution < 1.29 is 4.42 Å². The van der Waals surface area contributed by atoms with Crippen LogP contribution >= 0.6 is 34.4 Å². The van der Waals surface area contributed by atoms with Gasteiger partial charge in [-0.3, -0.25) is 0 Å². The van der Waals surface area contributed by atoms with E-state index < -0.39 is 0 Å². The Kier molecular flexibility index (Phi) is 4.57. The molecule has 3 aromatic rings. The summed E-state index contributed by atoms with van der Waals surface area (Å²) in [6.45, 7) is 4.84. The summed E-state index contributed by atoms with van der Waals surface area (Å²) in [5.74, 6) is 2.52. The van der Waals surface area contributed by atoms with Crippen LogP contribution in [-0.4, -0.2) is 21.7 Å². The smallest absolute Gasteiger partial charge is 0.206 e. The molecule has 3 heterocycles. The fourth-order valence-corrected chi connectivity index (χ4v) is 4.26. The van der Waals surface area contributed by atoms with E-state index in [0.717, 1.165) is 44.0 Å². The zero-order chi connectivity index (χ0) is 14.7. The minimum absolute atomic E-state index is 0.789. The van der Waals surface area contributed by atoms with Gasteiger partial charge in [-0.25, -0.2) is 4.98 Å². The van der Waals surface area contributed by atoms with Crippen LogP contribution in [0, 0.1) is 6.92 Å². The standard InChI is InChI=1S/C13H14N4OS3/c1-3-14-12-16-17-13(21-12)20-7-9-6-19-11(15-9)10-5-4-8(2)18-10/h4-6H,3,7H2,1-2H3,(H,14,16). The molecule has 0 spiro atoms. The monoisotopic (exact) mass is 338 g/mol. The molecule has 8 heteroatoms. The number of thiazole rings is 1. The zero-order valence-electron chi connectivity index (χ0n) is 11.6. The Morgan fingerprint density at radius 2 is 2.24 bits per heavy atom. The highest BCUT2D eigenvalue weighted by Gasteiger charge is 2.10. The Balaban J connectivity index is 1.61. The van der Waals surface area contributed by atoms with Crippen LogP contribution in [0.5, 0.6) is 0 Å². The van der Waals surface area contributed by atoms with E-state index in [9.17, 15) is 0 Å². The number of nitrogens with one attached hydrogen (secondary N) is 1. The van der Waals surface area contributed by atoms with Gasteiger partial charge in [0.05, 0.1) is 5.69 Å². The van der Waals surface area contributed by atoms with E-state index in [1.165, 1.54) is 0 Å². The van der Waals surface area contributed by atoms with Gasteiger partial charge < -0.3 is 9.73 Å². The molecular weight excluding hydrogens is 324 g/mol. The molecule has 0 unspecified atom stereocenters. The quantitative estimate of drug-likeness (QED) is 0.677. The van der Waals surface area contributed by atoms with E-state index in [1.807, 2.05) is 26.0 Å². The lowest BCUT2D eigenvalue weighted by molar-refractivity contribution is 0.548. The molecule has 0 fully saturated rings. The third-order valence-corrected chi connectivity index (χ3v) is 5.53. The third-order valence-electron chi connectivity index (χ3n) is 2.58. The average Bonchev–Trinajstić information content (AvgIpc) is 3.17. The zero-order valence-corrected chi connectivity index (χ0v) is 14.1. The Morgan fingerprint density at radius 1 is 1.33 bits per heavy atom. The molecule has 3 rings (SSSR count). The molecule has 0 aliphatic heterocycles. The summed E-state index contributed by atoms with van der Waals surface area (Å²) in [4.78, 5) is 4.60. The first-order chi connectivity index (χ1) is 10.2. The van der Waals surface area contributed by atoms with E-state index in [2.05, 4.69) is 25.9 Å². The van der Waals surface area contributed by atoms with Gasteiger partial charge in [-0.1, -0.05) is 23.1 Å². The lowest BCUT2D eigenvalue weighted by atomic mass is 10.4. The van der Waals surface area contributed by atoms with Gasteiger partial charge in [-0.05, 0) is 26.0 Å². The average molecular weight is 338 g/mol. The van der Waals surface area contributed by atoms with Crippen molar-refractivity contribution in [1.29, 1.82) is 0 Å². The second kappa shape index (κ2) is 6.59. The van der Waals surface area contributed by atoms with Crippen LogP contribution in [0.1, 0.15) is 18.4 Å². The molecule has 0 bridgehead atoms. The maximum atomic E-state index is 5.59. The number of rotatable bonds is 6. The lowest BCUT2D eigenvalue weighted by Gasteiger charge is -1.93. The molecule has 0 amide bonds. The first-order valence-corrected chi connectivity index (χ1v) is 9.14. The number of thioether (sulfide) groups is 1. The van der Waals surface area contributed by atoms with Gasteiger partial charge >= 0.3 is 0 Å². The van der Waals surface area contributed by atoms with Gasteiger partial charge in [0.25, 0.3) is 0 Å². The molecular formula is C13H14N4OS3. The van der Waals surface area contributed by atoms with Crippen molar-refractivity contribution in [3.8, 4) is 10.8 Å². The van der Waals surface area contributed by atoms with Crippen LogP contribution in [0.3, 0.4) is 0 Å². The van der Waals surface area contributed by atoms with Crippen molar-refractivity contribution in [3.63, 3.8) is 0 Å². The third kappa shape index (κ3) is 3.63. The van der Waals surface area contributed by atoms with Crippen LogP contribution in [0.4, 0.5) is 5.13 Å². The largest absolute Gasteiger partial charge is 0.459 e. The summed E-state index contributed by atoms with van der Waals surface area (Å²) in [7, 11) is 0. The predicted molar refractivity (Wildman–Crippen MR) is 88.2 cm³/mol. The molecule has 5 nitrogen and oxygen atoms in total. The highest BCUT2D eigenvalue weighted by molar-refractivity contribution is 8.00. The highest BCUT2D eigenvalue weighted by Crippen LogP contribution is 2.31.